The number of hydrogen-bond donors (Lipinski definition) is 1. The highest BCUT2D eigenvalue weighted by atomic mass is 79.9. The Kier molecular flexibility index (Phi) is 4.16. The van der Waals surface area contributed by atoms with Crippen LogP contribution in [0.25, 0.3) is 10.1 Å². The average Bonchev–Trinajstić information content (AvgIpc) is 2.80. The molecule has 0 fully saturated rings. The summed E-state index contributed by atoms with van der Waals surface area (Å²) in [5, 5.41) is 3.50. The number of nitrogens with one attached hydrogen (secondary N) is 1. The molecule has 0 aliphatic carbocycles. The summed E-state index contributed by atoms with van der Waals surface area (Å²) in [6.07, 6.45) is 0. The Bertz CT molecular complexity index is 873. The third-order valence-corrected chi connectivity index (χ3v) is 5.29. The highest BCUT2D eigenvalue weighted by Crippen LogP contribution is 2.36. The van der Waals surface area contributed by atoms with Crippen molar-refractivity contribution in [2.45, 2.75) is 0 Å². The van der Waals surface area contributed by atoms with Crippen LogP contribution in [0.2, 0.25) is 5.02 Å². The summed E-state index contributed by atoms with van der Waals surface area (Å²) in [7, 11) is 0. The lowest BCUT2D eigenvalue weighted by molar-refractivity contribution is 0.103. The summed E-state index contributed by atoms with van der Waals surface area (Å²) in [6.45, 7) is 0. The molecule has 2 aromatic carbocycles. The first-order valence-electron chi connectivity index (χ1n) is 6.10. The van der Waals surface area contributed by atoms with Gasteiger partial charge in [0.05, 0.1) is 10.7 Å². The molecule has 0 radical (unpaired) electrons. The largest absolute Gasteiger partial charge is 0.318 e. The third kappa shape index (κ3) is 2.74. The van der Waals surface area contributed by atoms with E-state index in [-0.39, 0.29) is 15.0 Å². The molecule has 3 rings (SSSR count). The molecule has 0 unspecified atom stereocenters. The maximum atomic E-state index is 13.8. The zero-order valence-corrected chi connectivity index (χ0v) is 14.0. The number of benzene rings is 2. The molecule has 0 spiro atoms. The first-order valence-corrected chi connectivity index (χ1v) is 8.09. The van der Waals surface area contributed by atoms with Gasteiger partial charge in [-0.2, -0.15) is 0 Å². The maximum absolute atomic E-state index is 13.8. The second-order valence-corrected chi connectivity index (χ2v) is 6.72. The summed E-state index contributed by atoms with van der Waals surface area (Å²) in [5.74, 6) is -2.14. The lowest BCUT2D eigenvalue weighted by atomic mass is 10.2. The topological polar surface area (TPSA) is 29.1 Å². The number of hydrogen-bond acceptors (Lipinski definition) is 2. The van der Waals surface area contributed by atoms with Gasteiger partial charge < -0.3 is 5.32 Å². The molecule has 0 bridgehead atoms. The predicted molar refractivity (Wildman–Crippen MR) is 88.8 cm³/mol. The SMILES string of the molecule is O=C(Nc1c(F)cc(F)cc1Br)c1sc2ccccc2c1Cl. The molecule has 1 amide bonds. The van der Waals surface area contributed by atoms with Crippen LogP contribution in [0, 0.1) is 11.6 Å². The minimum absolute atomic E-state index is 0.121. The van der Waals surface area contributed by atoms with E-state index in [1.165, 1.54) is 11.3 Å². The Morgan fingerprint density at radius 2 is 1.95 bits per heavy atom. The highest BCUT2D eigenvalue weighted by Gasteiger charge is 2.19. The molecule has 0 aliphatic heterocycles. The first kappa shape index (κ1) is 15.4. The third-order valence-electron chi connectivity index (χ3n) is 2.99. The Morgan fingerprint density at radius 3 is 2.64 bits per heavy atom. The van der Waals surface area contributed by atoms with Gasteiger partial charge in [0, 0.05) is 20.6 Å². The van der Waals surface area contributed by atoms with Crippen LogP contribution in [0.3, 0.4) is 0 Å². The first-order chi connectivity index (χ1) is 10.5. The summed E-state index contributed by atoms with van der Waals surface area (Å²) >= 11 is 10.4. The van der Waals surface area contributed by atoms with Crippen molar-refractivity contribution < 1.29 is 13.6 Å². The standard InChI is InChI=1S/C15H7BrClF2NOS/c16-9-5-7(18)6-10(19)13(9)20-15(21)14-12(17)8-3-1-2-4-11(8)22-14/h1-6H,(H,20,21). The summed E-state index contributed by atoms with van der Waals surface area (Å²) in [6, 6.07) is 9.08. The zero-order valence-electron chi connectivity index (χ0n) is 10.8. The number of halogens is 4. The average molecular weight is 403 g/mol. The maximum Gasteiger partial charge on any atom is 0.267 e. The van der Waals surface area contributed by atoms with Crippen molar-refractivity contribution in [3.63, 3.8) is 0 Å². The van der Waals surface area contributed by atoms with Crippen molar-refractivity contribution in [1.29, 1.82) is 0 Å². The Balaban J connectivity index is 1.99. The van der Waals surface area contributed by atoms with Gasteiger partial charge in [-0.1, -0.05) is 29.8 Å². The fraction of sp³-hybridized carbons (Fsp3) is 0. The minimum atomic E-state index is -0.863. The molecule has 112 valence electrons. The van der Waals surface area contributed by atoms with Crippen molar-refractivity contribution in [1.82, 2.24) is 0 Å². The number of thiophene rings is 1. The van der Waals surface area contributed by atoms with Crippen molar-refractivity contribution in [2.75, 3.05) is 5.32 Å². The molecular formula is C15H7BrClF2NOS. The molecule has 1 aromatic heterocycles. The summed E-state index contributed by atoms with van der Waals surface area (Å²) in [5.41, 5.74) is -0.125. The van der Waals surface area contributed by atoms with Gasteiger partial charge in [0.1, 0.15) is 10.7 Å². The molecule has 2 nitrogen and oxygen atoms in total. The van der Waals surface area contributed by atoms with Gasteiger partial charge >= 0.3 is 0 Å². The summed E-state index contributed by atoms with van der Waals surface area (Å²) < 4.78 is 27.8. The number of rotatable bonds is 2. The molecule has 7 heteroatoms. The van der Waals surface area contributed by atoms with Crippen molar-refractivity contribution in [3.05, 3.63) is 62.4 Å². The van der Waals surface area contributed by atoms with Crippen LogP contribution < -0.4 is 5.32 Å². The molecule has 1 N–H and O–H groups in total. The van der Waals surface area contributed by atoms with E-state index in [9.17, 15) is 13.6 Å². The van der Waals surface area contributed by atoms with Gasteiger partial charge in [-0.15, -0.1) is 11.3 Å². The van der Waals surface area contributed by atoms with E-state index in [4.69, 9.17) is 11.6 Å². The van der Waals surface area contributed by atoms with Crippen LogP contribution in [0.5, 0.6) is 0 Å². The van der Waals surface area contributed by atoms with Crippen molar-refractivity contribution >= 4 is 60.5 Å². The normalized spacial score (nSPS) is 10.9. The van der Waals surface area contributed by atoms with Gasteiger partial charge in [0.2, 0.25) is 0 Å². The van der Waals surface area contributed by atoms with Crippen LogP contribution >= 0.6 is 38.9 Å². The van der Waals surface area contributed by atoms with Gasteiger partial charge in [0.15, 0.2) is 5.82 Å². The van der Waals surface area contributed by atoms with Gasteiger partial charge in [-0.3, -0.25) is 4.79 Å². The van der Waals surface area contributed by atoms with Crippen molar-refractivity contribution in [2.24, 2.45) is 0 Å². The van der Waals surface area contributed by atoms with E-state index >= 15 is 0 Å². The predicted octanol–water partition coefficient (Wildman–Crippen LogP) is 5.85. The van der Waals surface area contributed by atoms with Crippen LogP contribution in [0.15, 0.2) is 40.9 Å². The molecule has 0 saturated heterocycles. The highest BCUT2D eigenvalue weighted by molar-refractivity contribution is 9.10. The zero-order chi connectivity index (χ0) is 15.9. The van der Waals surface area contributed by atoms with E-state index in [0.29, 0.717) is 11.1 Å². The van der Waals surface area contributed by atoms with Gasteiger partial charge in [0.25, 0.3) is 5.91 Å². The minimum Gasteiger partial charge on any atom is -0.318 e. The monoisotopic (exact) mass is 401 g/mol. The molecule has 22 heavy (non-hydrogen) atoms. The quantitative estimate of drug-likeness (QED) is 0.572. The fourth-order valence-corrected chi connectivity index (χ4v) is 3.91. The lowest BCUT2D eigenvalue weighted by Crippen LogP contribution is -2.12. The molecule has 0 atom stereocenters. The second kappa shape index (κ2) is 5.95. The Hall–Kier alpha value is -1.50. The van der Waals surface area contributed by atoms with Crippen LogP contribution in [0.1, 0.15) is 9.67 Å². The van der Waals surface area contributed by atoms with E-state index in [1.807, 2.05) is 18.2 Å². The number of anilines is 1. The van der Waals surface area contributed by atoms with Crippen molar-refractivity contribution in [3.8, 4) is 0 Å². The number of amides is 1. The smallest absolute Gasteiger partial charge is 0.267 e. The Labute approximate surface area is 141 Å². The van der Waals surface area contributed by atoms with Gasteiger partial charge in [-0.25, -0.2) is 8.78 Å². The fourth-order valence-electron chi connectivity index (χ4n) is 1.99. The molecular weight excluding hydrogens is 396 g/mol. The van der Waals surface area contributed by atoms with Crippen LogP contribution in [0.4, 0.5) is 14.5 Å². The number of fused-ring (bicyclic) bond motifs is 1. The summed E-state index contributed by atoms with van der Waals surface area (Å²) in [4.78, 5) is 12.6. The van der Waals surface area contributed by atoms with Gasteiger partial charge in [-0.05, 0) is 28.1 Å². The molecule has 0 aliphatic rings. The van der Waals surface area contributed by atoms with E-state index < -0.39 is 17.5 Å². The number of carbonyl (C=O) groups excluding carboxylic acids is 1. The van der Waals surface area contributed by atoms with Crippen LogP contribution in [-0.2, 0) is 0 Å². The molecule has 3 aromatic rings. The Morgan fingerprint density at radius 1 is 1.23 bits per heavy atom. The van der Waals surface area contributed by atoms with E-state index in [1.54, 1.807) is 6.07 Å². The number of carbonyl (C=O) groups is 1. The molecule has 0 saturated carbocycles. The van der Waals surface area contributed by atoms with E-state index in [0.717, 1.165) is 16.2 Å². The lowest BCUT2D eigenvalue weighted by Gasteiger charge is -2.08. The molecule has 1 heterocycles. The van der Waals surface area contributed by atoms with Crippen LogP contribution in [-0.4, -0.2) is 5.91 Å². The van der Waals surface area contributed by atoms with E-state index in [2.05, 4.69) is 21.2 Å². The second-order valence-electron chi connectivity index (χ2n) is 4.44.